The van der Waals surface area contributed by atoms with Crippen molar-refractivity contribution in [3.05, 3.63) is 131 Å². The minimum atomic E-state index is -0.403. The Morgan fingerprint density at radius 2 is 1.82 bits per heavy atom. The summed E-state index contributed by atoms with van der Waals surface area (Å²) in [6, 6.07) is 27.5. The van der Waals surface area contributed by atoms with Gasteiger partial charge >= 0.3 is 6.03 Å². The summed E-state index contributed by atoms with van der Waals surface area (Å²) in [7, 11) is 1.64. The van der Waals surface area contributed by atoms with E-state index in [1.807, 2.05) is 82.5 Å². The molecule has 0 aliphatic carbocycles. The maximum Gasteiger partial charge on any atom is 0.318 e. The number of methoxy groups -OCH3 is 1. The van der Waals surface area contributed by atoms with Gasteiger partial charge in [-0.05, 0) is 66.1 Å². The molecule has 0 spiro atoms. The monoisotopic (exact) mass is 535 g/mol. The number of benzene rings is 3. The summed E-state index contributed by atoms with van der Waals surface area (Å²) in [5.74, 6) is 1.33. The van der Waals surface area contributed by atoms with Gasteiger partial charge in [-0.25, -0.2) is 13.9 Å². The van der Waals surface area contributed by atoms with Crippen molar-refractivity contribution in [1.29, 1.82) is 0 Å². The molecule has 0 saturated heterocycles. The minimum Gasteiger partial charge on any atom is -0.497 e. The van der Waals surface area contributed by atoms with Gasteiger partial charge in [0.2, 0.25) is 0 Å². The minimum absolute atomic E-state index is 0.229. The van der Waals surface area contributed by atoms with Crippen LogP contribution in [-0.4, -0.2) is 32.4 Å². The first-order chi connectivity index (χ1) is 19.6. The molecule has 0 fully saturated rings. The number of ether oxygens (including phenoxy) is 1. The van der Waals surface area contributed by atoms with Gasteiger partial charge in [-0.2, -0.15) is 5.10 Å². The van der Waals surface area contributed by atoms with E-state index in [9.17, 15) is 9.18 Å². The number of hydrogen-bond acceptors (Lipinski definition) is 3. The molecule has 0 unspecified atom stereocenters. The fourth-order valence-corrected chi connectivity index (χ4v) is 5.39. The Balaban J connectivity index is 1.49. The zero-order valence-corrected chi connectivity index (χ0v) is 22.4. The van der Waals surface area contributed by atoms with Gasteiger partial charge in [0.25, 0.3) is 0 Å². The molecule has 6 rings (SSSR count). The highest BCUT2D eigenvalue weighted by Gasteiger charge is 2.36. The molecule has 2 aromatic heterocycles. The first-order valence-electron chi connectivity index (χ1n) is 13.3. The van der Waals surface area contributed by atoms with Gasteiger partial charge in [0.1, 0.15) is 17.4 Å². The first-order valence-corrected chi connectivity index (χ1v) is 13.3. The van der Waals surface area contributed by atoms with Crippen LogP contribution in [0.1, 0.15) is 41.0 Å². The van der Waals surface area contributed by atoms with Crippen molar-refractivity contribution in [3.8, 4) is 17.3 Å². The molecule has 0 saturated carbocycles. The number of halogens is 1. The third-order valence-corrected chi connectivity index (χ3v) is 7.33. The summed E-state index contributed by atoms with van der Waals surface area (Å²) in [5, 5.41) is 8.07. The molecule has 0 bridgehead atoms. The Kier molecular flexibility index (Phi) is 6.82. The maximum atomic E-state index is 14.0. The molecule has 1 aliphatic rings. The third kappa shape index (κ3) is 4.62. The van der Waals surface area contributed by atoms with E-state index in [0.717, 1.165) is 39.6 Å². The number of carbonyl (C=O) groups is 1. The van der Waals surface area contributed by atoms with Crippen molar-refractivity contribution in [2.45, 2.75) is 32.5 Å². The van der Waals surface area contributed by atoms with Crippen LogP contribution in [0.2, 0.25) is 0 Å². The Labute approximate surface area is 232 Å². The molecule has 1 atom stereocenters. The van der Waals surface area contributed by atoms with Crippen molar-refractivity contribution in [3.63, 3.8) is 0 Å². The number of nitrogens with zero attached hydrogens (tertiary/aromatic N) is 4. The van der Waals surface area contributed by atoms with Crippen molar-refractivity contribution in [1.82, 2.24) is 24.6 Å². The highest BCUT2D eigenvalue weighted by atomic mass is 19.1. The molecule has 1 aliphatic heterocycles. The molecule has 40 heavy (non-hydrogen) atoms. The molecule has 3 heterocycles. The number of nitrogens with one attached hydrogen (secondary N) is 1. The van der Waals surface area contributed by atoms with E-state index in [1.54, 1.807) is 19.2 Å². The lowest BCUT2D eigenvalue weighted by Gasteiger charge is -2.31. The maximum absolute atomic E-state index is 14.0. The lowest BCUT2D eigenvalue weighted by atomic mass is 10.0. The van der Waals surface area contributed by atoms with Crippen LogP contribution in [0, 0.1) is 5.82 Å². The number of aryl methyl sites for hydroxylation is 1. The normalized spacial score (nSPS) is 14.3. The summed E-state index contributed by atoms with van der Waals surface area (Å²) < 4.78 is 23.1. The summed E-state index contributed by atoms with van der Waals surface area (Å²) in [5.41, 5.74) is 5.55. The van der Waals surface area contributed by atoms with E-state index in [4.69, 9.17) is 9.84 Å². The first kappa shape index (κ1) is 25.4. The van der Waals surface area contributed by atoms with Gasteiger partial charge in [0.05, 0.1) is 36.8 Å². The SMILES string of the molecule is CCc1nn(-c2ccccc2)c2c1CN(C(=O)NCc1ccc(F)cc1)[C@H](c1cccc(OC)c1)c1cccn1-2. The number of amides is 2. The average molecular weight is 536 g/mol. The van der Waals surface area contributed by atoms with Crippen LogP contribution >= 0.6 is 0 Å². The fraction of sp³-hybridized carbons (Fsp3) is 0.188. The Bertz CT molecular complexity index is 1640. The van der Waals surface area contributed by atoms with Crippen molar-refractivity contribution >= 4 is 6.03 Å². The van der Waals surface area contributed by atoms with Crippen LogP contribution in [0.25, 0.3) is 11.5 Å². The van der Waals surface area contributed by atoms with Crippen molar-refractivity contribution < 1.29 is 13.9 Å². The summed E-state index contributed by atoms with van der Waals surface area (Å²) >= 11 is 0. The number of para-hydroxylation sites is 1. The Hall–Kier alpha value is -4.85. The molecule has 7 nitrogen and oxygen atoms in total. The molecule has 5 aromatic rings. The predicted octanol–water partition coefficient (Wildman–Crippen LogP) is 6.19. The fourth-order valence-electron chi connectivity index (χ4n) is 5.39. The second-order valence-corrected chi connectivity index (χ2v) is 9.75. The van der Waals surface area contributed by atoms with E-state index in [0.29, 0.717) is 18.7 Å². The Morgan fingerprint density at radius 3 is 2.58 bits per heavy atom. The van der Waals surface area contributed by atoms with Crippen molar-refractivity contribution in [2.24, 2.45) is 0 Å². The van der Waals surface area contributed by atoms with Gasteiger partial charge < -0.3 is 19.5 Å². The van der Waals surface area contributed by atoms with E-state index in [2.05, 4.69) is 16.8 Å². The van der Waals surface area contributed by atoms with Gasteiger partial charge in [0.15, 0.2) is 0 Å². The van der Waals surface area contributed by atoms with E-state index >= 15 is 0 Å². The van der Waals surface area contributed by atoms with E-state index in [1.165, 1.54) is 12.1 Å². The predicted molar refractivity (Wildman–Crippen MR) is 151 cm³/mol. The number of aromatic nitrogens is 3. The number of hydrogen-bond donors (Lipinski definition) is 1. The topological polar surface area (TPSA) is 64.3 Å². The molecule has 8 heteroatoms. The summed E-state index contributed by atoms with van der Waals surface area (Å²) in [4.78, 5) is 15.9. The summed E-state index contributed by atoms with van der Waals surface area (Å²) in [6.07, 6.45) is 2.75. The largest absolute Gasteiger partial charge is 0.497 e. The van der Waals surface area contributed by atoms with Gasteiger partial charge in [-0.1, -0.05) is 49.4 Å². The molecule has 3 aromatic carbocycles. The molecule has 1 N–H and O–H groups in total. The molecule has 202 valence electrons. The molecular formula is C32H30FN5O2. The average Bonchev–Trinajstić information content (AvgIpc) is 3.58. The van der Waals surface area contributed by atoms with E-state index in [-0.39, 0.29) is 18.4 Å². The second-order valence-electron chi connectivity index (χ2n) is 9.75. The van der Waals surface area contributed by atoms with Crippen LogP contribution in [0.5, 0.6) is 5.75 Å². The number of rotatable bonds is 6. The van der Waals surface area contributed by atoms with Crippen LogP contribution in [0.15, 0.2) is 97.2 Å². The molecule has 2 amide bonds. The lowest BCUT2D eigenvalue weighted by molar-refractivity contribution is 0.180. The van der Waals surface area contributed by atoms with Gasteiger partial charge in [0, 0.05) is 18.3 Å². The van der Waals surface area contributed by atoms with E-state index < -0.39 is 6.04 Å². The molecular weight excluding hydrogens is 505 g/mol. The highest BCUT2D eigenvalue weighted by molar-refractivity contribution is 5.76. The Morgan fingerprint density at radius 1 is 1.02 bits per heavy atom. The van der Waals surface area contributed by atoms with Gasteiger partial charge in [-0.3, -0.25) is 0 Å². The molecule has 0 radical (unpaired) electrons. The number of urea groups is 1. The zero-order valence-electron chi connectivity index (χ0n) is 22.4. The van der Waals surface area contributed by atoms with Gasteiger partial charge in [-0.15, -0.1) is 0 Å². The van der Waals surface area contributed by atoms with Crippen LogP contribution in [0.4, 0.5) is 9.18 Å². The standard InChI is InChI=1S/C32H30FN5O2/c1-3-28-27-21-37(32(39)34-20-22-14-16-24(33)17-15-22)30(23-9-7-12-26(19-23)40-2)29-13-8-18-36(29)31(27)38(35-28)25-10-5-4-6-11-25/h4-19,30H,3,20-21H2,1-2H3,(H,34,39)/t30-/m1/s1. The van der Waals surface area contributed by atoms with Crippen LogP contribution in [-0.2, 0) is 19.5 Å². The van der Waals surface area contributed by atoms with Crippen LogP contribution < -0.4 is 10.1 Å². The number of carbonyl (C=O) groups excluding carboxylic acids is 1. The van der Waals surface area contributed by atoms with Crippen LogP contribution in [0.3, 0.4) is 0 Å². The lowest BCUT2D eigenvalue weighted by Crippen LogP contribution is -2.41. The smallest absolute Gasteiger partial charge is 0.318 e. The van der Waals surface area contributed by atoms with Crippen molar-refractivity contribution in [2.75, 3.05) is 7.11 Å². The number of fused-ring (bicyclic) bond motifs is 3. The third-order valence-electron chi connectivity index (χ3n) is 7.33. The highest BCUT2D eigenvalue weighted by Crippen LogP contribution is 2.39. The quantitative estimate of drug-likeness (QED) is 0.282. The second kappa shape index (κ2) is 10.7. The zero-order chi connectivity index (χ0) is 27.6. The summed E-state index contributed by atoms with van der Waals surface area (Å²) in [6.45, 7) is 2.71.